The first kappa shape index (κ1) is 94.5. The standard InChI is InChI=1S/C15H22N2.C14H20N2.C13H22N4.C13H20N2.C12H19NS.C11H18N4.C11H15N3.C11H17N3/c1-13-3-5-14(6-4-13)16-9-2-10-17(12-11-16)15-7-8-15;1-11-4-6-13(7-5-11)16-9-12-3-2-8-15-14(12)10-16;1-4-16(5-2)12-6-7-17(10-12)13-9-14-11(3)8-15-13;1-12-4-6-13(7-5-12)15-9-3-8-14(2)10-11-15;1-9-6-10(2)8-13(7-9)12-5-4-11(3)14-12;1-9-6-13-11(7-12-9)15-5-4-10(8-15)14(2)3;1-9-7-13-11(8-12-9)10-3-5-14(2)6-4-10;1-3-10-4-5-14(8-10)11-7-12-9(2)6-13-11/h3-6,15H,2,7-12H2,1H3;4-7,12,14-15H,2-3,8-10H2,1H3;8-9,12H,4-7,10H2,1-3H3;4-7H,3,8-11H2,1-2H3;4-5,9-10H,6-8H2,1-3H3;6-7,10H,4-5,8H2,1-3H3;3,7-8H,4-6H2,1-2H3;6-7,10H,3-5,8H2,1-2H3/t;;;;9-,10+;;;. The highest BCUT2D eigenvalue weighted by atomic mass is 32.1. The molecule has 0 radical (unpaired) electrons. The van der Waals surface area contributed by atoms with Crippen LogP contribution in [-0.2, 0) is 0 Å². The van der Waals surface area contributed by atoms with Gasteiger partial charge in [-0.25, -0.2) is 15.0 Å². The number of thiophene rings is 1. The van der Waals surface area contributed by atoms with E-state index in [9.17, 15) is 0 Å². The lowest BCUT2D eigenvalue weighted by molar-refractivity contribution is 0.232. The minimum absolute atomic E-state index is 0.646. The number of rotatable bonds is 14. The predicted molar refractivity (Wildman–Crippen MR) is 516 cm³/mol. The summed E-state index contributed by atoms with van der Waals surface area (Å²) < 4.78 is 0. The molecule has 8 saturated heterocycles. The quantitative estimate of drug-likeness (QED) is 0.110. The van der Waals surface area contributed by atoms with Gasteiger partial charge in [0.1, 0.15) is 17.5 Å². The van der Waals surface area contributed by atoms with Crippen molar-refractivity contribution in [1.29, 1.82) is 0 Å². The zero-order valence-electron chi connectivity index (χ0n) is 78.0. The van der Waals surface area contributed by atoms with Crippen LogP contribution >= 0.6 is 11.3 Å². The van der Waals surface area contributed by atoms with Gasteiger partial charge in [0.25, 0.3) is 0 Å². The first-order chi connectivity index (χ1) is 59.0. The van der Waals surface area contributed by atoms with Gasteiger partial charge in [-0.05, 0) is 258 Å². The van der Waals surface area contributed by atoms with Gasteiger partial charge in [0.15, 0.2) is 0 Å². The Bertz CT molecular complexity index is 4270. The van der Waals surface area contributed by atoms with Crippen molar-refractivity contribution < 1.29 is 0 Å². The van der Waals surface area contributed by atoms with Crippen molar-refractivity contribution in [3.8, 4) is 0 Å². The Hall–Kier alpha value is -8.22. The van der Waals surface area contributed by atoms with Crippen LogP contribution in [0.2, 0.25) is 0 Å². The molecule has 10 aliphatic rings. The van der Waals surface area contributed by atoms with E-state index in [0.29, 0.717) is 12.1 Å². The summed E-state index contributed by atoms with van der Waals surface area (Å²) in [6.45, 7) is 54.8. The summed E-state index contributed by atoms with van der Waals surface area (Å²) >= 11 is 1.92. The number of fused-ring (bicyclic) bond motifs is 1. The van der Waals surface area contributed by atoms with E-state index >= 15 is 0 Å². The average Bonchev–Trinajstić information content (AvgIpc) is 1.67. The number of likely N-dealkylation sites (N-methyl/N-ethyl adjacent to an activating group) is 4. The van der Waals surface area contributed by atoms with Gasteiger partial charge in [-0.2, -0.15) is 0 Å². The molecule has 22 heteroatoms. The molecule has 1 aliphatic carbocycles. The van der Waals surface area contributed by atoms with E-state index in [-0.39, 0.29) is 0 Å². The molecule has 9 aliphatic heterocycles. The molecule has 5 unspecified atom stereocenters. The van der Waals surface area contributed by atoms with Gasteiger partial charge in [-0.15, -0.1) is 11.3 Å². The van der Waals surface area contributed by atoms with Crippen molar-refractivity contribution in [2.75, 3.05) is 213 Å². The Labute approximate surface area is 740 Å². The molecule has 21 nitrogen and oxygen atoms in total. The number of aromatic nitrogens is 8. The van der Waals surface area contributed by atoms with Crippen LogP contribution in [0, 0.1) is 79.1 Å². The normalized spacial score (nSPS) is 22.5. The van der Waals surface area contributed by atoms with E-state index in [1.54, 1.807) is 0 Å². The van der Waals surface area contributed by atoms with Crippen molar-refractivity contribution in [3.63, 3.8) is 0 Å². The maximum atomic E-state index is 4.45. The molecule has 3 aromatic carbocycles. The molecule has 5 aromatic heterocycles. The maximum Gasteiger partial charge on any atom is 0.147 e. The first-order valence-electron chi connectivity index (χ1n) is 46.6. The van der Waals surface area contributed by atoms with Crippen LogP contribution in [0.25, 0.3) is 5.57 Å². The molecule has 0 amide bonds. The van der Waals surface area contributed by atoms with Crippen LogP contribution in [0.4, 0.5) is 39.5 Å². The molecule has 14 heterocycles. The third kappa shape index (κ3) is 30.0. The molecular weight excluding hydrogens is 1530 g/mol. The maximum absolute atomic E-state index is 4.45. The first-order valence-corrected chi connectivity index (χ1v) is 47.4. The highest BCUT2D eigenvalue weighted by Crippen LogP contribution is 2.34. The van der Waals surface area contributed by atoms with Gasteiger partial charge in [-0.3, -0.25) is 34.7 Å². The van der Waals surface area contributed by atoms with Gasteiger partial charge >= 0.3 is 0 Å². The monoisotopic (exact) mass is 1680 g/mol. The third-order valence-corrected chi connectivity index (χ3v) is 27.1. The Morgan fingerprint density at radius 2 is 0.926 bits per heavy atom. The van der Waals surface area contributed by atoms with E-state index < -0.39 is 0 Å². The Morgan fingerprint density at radius 3 is 1.39 bits per heavy atom. The largest absolute Gasteiger partial charge is 0.370 e. The molecular formula is C100H153N21S. The molecule has 664 valence electrons. The molecule has 1 N–H and O–H groups in total. The van der Waals surface area contributed by atoms with Crippen LogP contribution in [0.1, 0.15) is 162 Å². The summed E-state index contributed by atoms with van der Waals surface area (Å²) in [7, 11) is 8.61. The number of aryl methyl sites for hydroxylation is 8. The minimum atomic E-state index is 0.646. The minimum Gasteiger partial charge on any atom is -0.370 e. The van der Waals surface area contributed by atoms with Crippen molar-refractivity contribution in [3.05, 3.63) is 191 Å². The molecule has 0 spiro atoms. The van der Waals surface area contributed by atoms with E-state index in [0.717, 1.165) is 160 Å². The number of anilines is 7. The molecule has 9 fully saturated rings. The van der Waals surface area contributed by atoms with Crippen LogP contribution < -0.4 is 39.6 Å². The second-order valence-corrected chi connectivity index (χ2v) is 37.9. The number of benzene rings is 3. The zero-order valence-corrected chi connectivity index (χ0v) is 78.8. The highest BCUT2D eigenvalue weighted by Gasteiger charge is 2.35. The van der Waals surface area contributed by atoms with E-state index in [1.165, 1.54) is 198 Å². The predicted octanol–water partition coefficient (Wildman–Crippen LogP) is 16.7. The Kier molecular flexibility index (Phi) is 37.4. The SMILES string of the molecule is CCC1CCN(c2cnc(C)cn2)C1.CCN(CC)C1CCN(c2cnc(C)cn2)C1.Cc1ccc(N2CC3CCCNC3C2)cc1.Cc1ccc(N2CCCN(C)CC2)cc1.Cc1ccc(N2CCCN(C3CC3)CC2)cc1.Cc1ccc(N2C[C@H](C)C[C@H](C)C2)s1.Cc1cnc(C2=CCN(C)CC2)cn1.Cc1cnc(N2CCC(N(C)C)C2)cn1. The van der Waals surface area contributed by atoms with Gasteiger partial charge < -0.3 is 54.3 Å². The lowest BCUT2D eigenvalue weighted by atomic mass is 9.92. The molecule has 122 heavy (non-hydrogen) atoms. The smallest absolute Gasteiger partial charge is 0.147 e. The van der Waals surface area contributed by atoms with Gasteiger partial charge in [0.05, 0.1) is 76.8 Å². The van der Waals surface area contributed by atoms with E-state index in [1.807, 2.05) is 88.6 Å². The molecule has 1 saturated carbocycles. The molecule has 18 rings (SSSR count). The van der Waals surface area contributed by atoms with Crippen LogP contribution in [0.15, 0.2) is 141 Å². The zero-order chi connectivity index (χ0) is 86.4. The van der Waals surface area contributed by atoms with Gasteiger partial charge in [0, 0.05) is 177 Å². The fourth-order valence-electron chi connectivity index (χ4n) is 18.2. The fraction of sp³-hybridized carbons (Fsp3) is 0.600. The Balaban J connectivity index is 0.000000136. The van der Waals surface area contributed by atoms with Crippen molar-refractivity contribution in [2.24, 2.45) is 23.7 Å². The van der Waals surface area contributed by atoms with Crippen LogP contribution in [0.3, 0.4) is 0 Å². The lowest BCUT2D eigenvalue weighted by Crippen LogP contribution is -2.40. The number of nitrogens with one attached hydrogen (secondary N) is 1. The second kappa shape index (κ2) is 48.3. The number of hydrogen-bond acceptors (Lipinski definition) is 22. The highest BCUT2D eigenvalue weighted by molar-refractivity contribution is 7.16. The summed E-state index contributed by atoms with van der Waals surface area (Å²) in [5.41, 5.74) is 14.5. The van der Waals surface area contributed by atoms with Gasteiger partial charge in [-0.1, -0.05) is 100 Å². The lowest BCUT2D eigenvalue weighted by Gasteiger charge is -2.35. The van der Waals surface area contributed by atoms with Crippen molar-refractivity contribution >= 4 is 56.4 Å². The summed E-state index contributed by atoms with van der Waals surface area (Å²) in [4.78, 5) is 65.5. The van der Waals surface area contributed by atoms with Crippen LogP contribution in [0.5, 0.6) is 0 Å². The topological polar surface area (TPSA) is 154 Å². The summed E-state index contributed by atoms with van der Waals surface area (Å²) in [6, 6.07) is 34.3. The number of nitrogens with zero attached hydrogens (tertiary/aromatic N) is 20. The van der Waals surface area contributed by atoms with Crippen molar-refractivity contribution in [2.45, 2.75) is 191 Å². The Morgan fingerprint density at radius 1 is 0.418 bits per heavy atom. The van der Waals surface area contributed by atoms with E-state index in [2.05, 4.69) is 285 Å². The van der Waals surface area contributed by atoms with Crippen molar-refractivity contribution in [1.82, 2.24) is 69.7 Å². The average molecular weight is 1680 g/mol. The van der Waals surface area contributed by atoms with Gasteiger partial charge in [0.2, 0.25) is 0 Å². The van der Waals surface area contributed by atoms with E-state index in [4.69, 9.17) is 0 Å². The third-order valence-electron chi connectivity index (χ3n) is 26.1. The molecule has 7 atom stereocenters. The van der Waals surface area contributed by atoms with Crippen LogP contribution in [-0.4, -0.2) is 267 Å². The second-order valence-electron chi connectivity index (χ2n) is 36.7. The molecule has 0 bridgehead atoms. The number of hydrogen-bond donors (Lipinski definition) is 1. The number of piperidine rings is 2. The summed E-state index contributed by atoms with van der Waals surface area (Å²) in [6.07, 6.45) is 32.8. The fourth-order valence-corrected chi connectivity index (χ4v) is 19.1. The summed E-state index contributed by atoms with van der Waals surface area (Å²) in [5.74, 6) is 6.47. The molecule has 8 aromatic rings. The summed E-state index contributed by atoms with van der Waals surface area (Å²) in [5, 5.41) is 5.11.